The lowest BCUT2D eigenvalue weighted by Gasteiger charge is -2.03. The number of H-pyrrole nitrogens is 1. The first kappa shape index (κ1) is 15.3. The van der Waals surface area contributed by atoms with Gasteiger partial charge in [-0.3, -0.25) is 9.48 Å². The largest absolute Gasteiger partial charge is 0.358 e. The monoisotopic (exact) mass is 330 g/mol. The third-order valence-corrected chi connectivity index (χ3v) is 3.17. The molecule has 0 saturated heterocycles. The molecule has 0 bridgehead atoms. The summed E-state index contributed by atoms with van der Waals surface area (Å²) in [6, 6.07) is 8.85. The van der Waals surface area contributed by atoms with E-state index in [0.29, 0.717) is 5.56 Å². The number of hydrogen-bond donors (Lipinski definition) is 2. The van der Waals surface area contributed by atoms with E-state index < -0.39 is 10.8 Å². The lowest BCUT2D eigenvalue weighted by molar-refractivity contribution is -0.389. The molecule has 0 fully saturated rings. The minimum absolute atomic E-state index is 0.134. The molecule has 2 aromatic heterocycles. The van der Waals surface area contributed by atoms with Gasteiger partial charge in [0.2, 0.25) is 0 Å². The molecule has 9 nitrogen and oxygen atoms in total. The zero-order valence-electron chi connectivity index (χ0n) is 12.1. The number of aromatic nitrogens is 4. The Kier molecular flexibility index (Phi) is 4.01. The van der Waals surface area contributed by atoms with Crippen molar-refractivity contribution in [3.05, 3.63) is 69.8 Å². The zero-order valence-corrected chi connectivity index (χ0v) is 12.1. The van der Waals surface area contributed by atoms with Crippen LogP contribution in [0.5, 0.6) is 0 Å². The van der Waals surface area contributed by atoms with Gasteiger partial charge < -0.3 is 15.4 Å². The number of nitro groups is 1. The number of nitrogens with one attached hydrogen (secondary N) is 2. The Morgan fingerprint density at radius 2 is 2.17 bits per heavy atom. The SMILES string of the molecule is O=C(Nc1ccn(Cc2ccccc2F)n1)c1cc([N+](=O)[O-])[nH]n1. The third kappa shape index (κ3) is 3.27. The summed E-state index contributed by atoms with van der Waals surface area (Å²) >= 11 is 0. The van der Waals surface area contributed by atoms with E-state index in [9.17, 15) is 19.3 Å². The van der Waals surface area contributed by atoms with Crippen molar-refractivity contribution < 1.29 is 14.1 Å². The molecule has 3 aromatic rings. The lowest BCUT2D eigenvalue weighted by Crippen LogP contribution is -2.13. The summed E-state index contributed by atoms with van der Waals surface area (Å²) in [5.74, 6) is -1.15. The number of aromatic amines is 1. The van der Waals surface area contributed by atoms with Crippen LogP contribution in [0, 0.1) is 15.9 Å². The number of amides is 1. The number of anilines is 1. The Labute approximate surface area is 134 Å². The van der Waals surface area contributed by atoms with Crippen LogP contribution in [-0.2, 0) is 6.54 Å². The smallest absolute Gasteiger partial charge is 0.343 e. The summed E-state index contributed by atoms with van der Waals surface area (Å²) in [6.45, 7) is 0.205. The van der Waals surface area contributed by atoms with Crippen LogP contribution in [0.3, 0.4) is 0 Å². The predicted molar refractivity (Wildman–Crippen MR) is 80.9 cm³/mol. The van der Waals surface area contributed by atoms with Crippen LogP contribution in [0.1, 0.15) is 16.1 Å². The first-order valence-corrected chi connectivity index (χ1v) is 6.81. The molecule has 0 aliphatic rings. The zero-order chi connectivity index (χ0) is 17.1. The fourth-order valence-corrected chi connectivity index (χ4v) is 2.02. The van der Waals surface area contributed by atoms with E-state index in [-0.39, 0.29) is 29.7 Å². The highest BCUT2D eigenvalue weighted by Crippen LogP contribution is 2.12. The summed E-state index contributed by atoms with van der Waals surface area (Å²) < 4.78 is 15.1. The van der Waals surface area contributed by atoms with Gasteiger partial charge in [-0.15, -0.1) is 5.10 Å². The second-order valence-corrected chi connectivity index (χ2v) is 4.84. The van der Waals surface area contributed by atoms with Crippen molar-refractivity contribution in [3.63, 3.8) is 0 Å². The Hall–Kier alpha value is -3.56. The Bertz CT molecular complexity index is 903. The molecule has 1 aromatic carbocycles. The highest BCUT2D eigenvalue weighted by atomic mass is 19.1. The average Bonchev–Trinajstić information content (AvgIpc) is 3.19. The number of benzene rings is 1. The fraction of sp³-hybridized carbons (Fsp3) is 0.0714. The van der Waals surface area contributed by atoms with Crippen molar-refractivity contribution >= 4 is 17.5 Å². The summed E-state index contributed by atoms with van der Waals surface area (Å²) in [6.07, 6.45) is 1.58. The van der Waals surface area contributed by atoms with E-state index in [1.807, 2.05) is 0 Å². The van der Waals surface area contributed by atoms with Crippen LogP contribution in [-0.4, -0.2) is 30.8 Å². The molecule has 0 spiro atoms. The number of carbonyl (C=O) groups is 1. The Balaban J connectivity index is 1.68. The van der Waals surface area contributed by atoms with Crippen LogP contribution in [0.25, 0.3) is 0 Å². The van der Waals surface area contributed by atoms with E-state index in [0.717, 1.165) is 6.07 Å². The molecule has 122 valence electrons. The van der Waals surface area contributed by atoms with E-state index in [4.69, 9.17) is 0 Å². The molecule has 10 heteroatoms. The van der Waals surface area contributed by atoms with Crippen LogP contribution in [0.4, 0.5) is 16.0 Å². The lowest BCUT2D eigenvalue weighted by atomic mass is 10.2. The van der Waals surface area contributed by atoms with E-state index in [1.54, 1.807) is 24.4 Å². The summed E-state index contributed by atoms with van der Waals surface area (Å²) in [5, 5.41) is 22.8. The summed E-state index contributed by atoms with van der Waals surface area (Å²) in [7, 11) is 0. The molecular weight excluding hydrogens is 319 g/mol. The molecule has 0 aliphatic carbocycles. The minimum atomic E-state index is -0.688. The molecule has 2 N–H and O–H groups in total. The average molecular weight is 330 g/mol. The molecule has 2 heterocycles. The van der Waals surface area contributed by atoms with Gasteiger partial charge in [0.05, 0.1) is 12.6 Å². The van der Waals surface area contributed by atoms with Gasteiger partial charge in [-0.1, -0.05) is 23.3 Å². The molecule has 1 amide bonds. The summed E-state index contributed by atoms with van der Waals surface area (Å²) in [4.78, 5) is 21.8. The van der Waals surface area contributed by atoms with E-state index in [1.165, 1.54) is 16.8 Å². The maximum Gasteiger partial charge on any atom is 0.343 e. The highest BCUT2D eigenvalue weighted by molar-refractivity contribution is 6.02. The van der Waals surface area contributed by atoms with E-state index >= 15 is 0 Å². The van der Waals surface area contributed by atoms with Crippen molar-refractivity contribution in [3.8, 4) is 0 Å². The van der Waals surface area contributed by atoms with Gasteiger partial charge in [-0.25, -0.2) is 4.39 Å². The van der Waals surface area contributed by atoms with Crippen LogP contribution in [0.15, 0.2) is 42.6 Å². The number of hydrogen-bond acceptors (Lipinski definition) is 5. The molecule has 0 unspecified atom stereocenters. The quantitative estimate of drug-likeness (QED) is 0.547. The van der Waals surface area contributed by atoms with Crippen LogP contribution >= 0.6 is 0 Å². The maximum atomic E-state index is 13.6. The standard InChI is InChI=1S/C14H11FN6O3/c15-10-4-2-1-3-9(10)8-20-6-5-12(19-20)16-14(22)11-7-13(18-17-11)21(23)24/h1-7H,8H2,(H,17,18)(H,16,19,22). The van der Waals surface area contributed by atoms with Gasteiger partial charge in [0.25, 0.3) is 5.91 Å². The van der Waals surface area contributed by atoms with Crippen LogP contribution in [0.2, 0.25) is 0 Å². The Morgan fingerprint density at radius 1 is 1.38 bits per heavy atom. The topological polar surface area (TPSA) is 119 Å². The second kappa shape index (κ2) is 6.28. The van der Waals surface area contributed by atoms with E-state index in [2.05, 4.69) is 20.6 Å². The Morgan fingerprint density at radius 3 is 2.88 bits per heavy atom. The van der Waals surface area contributed by atoms with Gasteiger partial charge in [0.15, 0.2) is 11.5 Å². The second-order valence-electron chi connectivity index (χ2n) is 4.84. The third-order valence-electron chi connectivity index (χ3n) is 3.17. The van der Waals surface area contributed by atoms with Crippen molar-refractivity contribution in [1.82, 2.24) is 20.0 Å². The first-order valence-electron chi connectivity index (χ1n) is 6.81. The van der Waals surface area contributed by atoms with Gasteiger partial charge in [-0.2, -0.15) is 5.10 Å². The highest BCUT2D eigenvalue weighted by Gasteiger charge is 2.17. The number of halogens is 1. The molecule has 0 saturated carbocycles. The van der Waals surface area contributed by atoms with Crippen molar-refractivity contribution in [1.29, 1.82) is 0 Å². The molecule has 0 atom stereocenters. The molecule has 24 heavy (non-hydrogen) atoms. The molecule has 3 rings (SSSR count). The number of carbonyl (C=O) groups excluding carboxylic acids is 1. The summed E-state index contributed by atoms with van der Waals surface area (Å²) in [5.41, 5.74) is 0.326. The molecule has 0 aliphatic heterocycles. The van der Waals surface area contributed by atoms with Gasteiger partial charge in [0, 0.05) is 17.8 Å². The van der Waals surface area contributed by atoms with Crippen LogP contribution < -0.4 is 5.32 Å². The van der Waals surface area contributed by atoms with Crippen molar-refractivity contribution in [2.75, 3.05) is 5.32 Å². The van der Waals surface area contributed by atoms with Gasteiger partial charge in [0.1, 0.15) is 5.82 Å². The molecular formula is C14H11FN6O3. The predicted octanol–water partition coefficient (Wildman–Crippen LogP) is 1.95. The van der Waals surface area contributed by atoms with Gasteiger partial charge in [-0.05, 0) is 11.0 Å². The molecule has 0 radical (unpaired) electrons. The first-order chi connectivity index (χ1) is 11.5. The number of rotatable bonds is 5. The number of nitrogens with zero attached hydrogens (tertiary/aromatic N) is 4. The maximum absolute atomic E-state index is 13.6. The minimum Gasteiger partial charge on any atom is -0.358 e. The van der Waals surface area contributed by atoms with Gasteiger partial charge >= 0.3 is 5.82 Å². The fourth-order valence-electron chi connectivity index (χ4n) is 2.02. The van der Waals surface area contributed by atoms with Crippen molar-refractivity contribution in [2.45, 2.75) is 6.54 Å². The van der Waals surface area contributed by atoms with Crippen molar-refractivity contribution in [2.24, 2.45) is 0 Å². The normalized spacial score (nSPS) is 10.5.